The Morgan fingerprint density at radius 2 is 1.75 bits per heavy atom. The summed E-state index contributed by atoms with van der Waals surface area (Å²) >= 11 is 9.30. The maximum Gasteiger partial charge on any atom is 0.276 e. The van der Waals surface area contributed by atoms with Gasteiger partial charge in [-0.3, -0.25) is 4.79 Å². The Labute approximate surface area is 220 Å². The fraction of sp³-hybridized carbons (Fsp3) is 0.130. The van der Waals surface area contributed by atoms with Crippen LogP contribution in [-0.2, 0) is 16.8 Å². The first-order valence-corrected chi connectivity index (χ1v) is 13.1. The summed E-state index contributed by atoms with van der Waals surface area (Å²) in [5.74, 6) is 0.112. The molecule has 0 aliphatic rings. The van der Waals surface area contributed by atoms with Gasteiger partial charge in [0.25, 0.3) is 15.9 Å². The third-order valence-corrected chi connectivity index (χ3v) is 6.95. The van der Waals surface area contributed by atoms with Crippen LogP contribution in [0.1, 0.15) is 21.9 Å². The smallest absolute Gasteiger partial charge is 0.276 e. The lowest BCUT2D eigenvalue weighted by molar-refractivity contribution is 0.102. The van der Waals surface area contributed by atoms with Gasteiger partial charge >= 0.3 is 0 Å². The predicted octanol–water partition coefficient (Wildman–Crippen LogP) is 4.80. The van der Waals surface area contributed by atoms with E-state index < -0.39 is 15.9 Å². The van der Waals surface area contributed by atoms with Crippen LogP contribution in [0.3, 0.4) is 0 Å². The van der Waals surface area contributed by atoms with Crippen molar-refractivity contribution in [3.8, 4) is 5.75 Å². The van der Waals surface area contributed by atoms with Gasteiger partial charge in [-0.25, -0.2) is 27.8 Å². The standard InChI is InChI=1S/C23H20BrClN6O4S/c1-14-11-15(2)27-23(26-14)30-36(33,34)18-6-4-17(5-7-18)28-22(32)20-9-10-31(29-20)13-35-21-8-3-16(25)12-19(21)24/h3-12H,13H2,1-2H3,(H,28,32)(H,26,27,30). The van der Waals surface area contributed by atoms with Crippen molar-refractivity contribution in [2.45, 2.75) is 25.5 Å². The number of benzene rings is 2. The van der Waals surface area contributed by atoms with Crippen molar-refractivity contribution < 1.29 is 17.9 Å². The van der Waals surface area contributed by atoms with Crippen LogP contribution in [0.5, 0.6) is 5.75 Å². The molecule has 2 heterocycles. The second-order valence-corrected chi connectivity index (χ2v) is 10.6. The molecule has 0 bridgehead atoms. The van der Waals surface area contributed by atoms with E-state index in [0.29, 0.717) is 32.3 Å². The molecule has 0 fully saturated rings. The van der Waals surface area contributed by atoms with Crippen LogP contribution in [0.2, 0.25) is 5.02 Å². The lowest BCUT2D eigenvalue weighted by Gasteiger charge is -2.09. The maximum atomic E-state index is 12.7. The van der Waals surface area contributed by atoms with Crippen LogP contribution in [0.15, 0.2) is 70.2 Å². The summed E-state index contributed by atoms with van der Waals surface area (Å²) in [5.41, 5.74) is 1.85. The molecule has 0 aliphatic carbocycles. The zero-order valence-electron chi connectivity index (χ0n) is 19.1. The van der Waals surface area contributed by atoms with Crippen LogP contribution in [-0.4, -0.2) is 34.1 Å². The third kappa shape index (κ3) is 6.39. The maximum absolute atomic E-state index is 12.7. The molecule has 4 rings (SSSR count). The van der Waals surface area contributed by atoms with Crippen LogP contribution < -0.4 is 14.8 Å². The molecule has 0 unspecified atom stereocenters. The van der Waals surface area contributed by atoms with E-state index in [4.69, 9.17) is 16.3 Å². The lowest BCUT2D eigenvalue weighted by atomic mass is 10.3. The number of nitrogens with one attached hydrogen (secondary N) is 2. The van der Waals surface area contributed by atoms with E-state index in [1.54, 1.807) is 50.4 Å². The number of halogens is 2. The minimum absolute atomic E-state index is 0.00181. The molecule has 1 amide bonds. The Bertz CT molecular complexity index is 1510. The topological polar surface area (TPSA) is 128 Å². The van der Waals surface area contributed by atoms with E-state index in [9.17, 15) is 13.2 Å². The largest absolute Gasteiger partial charge is 0.470 e. The van der Waals surface area contributed by atoms with Crippen molar-refractivity contribution in [2.75, 3.05) is 10.0 Å². The van der Waals surface area contributed by atoms with Crippen molar-refractivity contribution >= 4 is 55.1 Å². The quantitative estimate of drug-likeness (QED) is 0.301. The van der Waals surface area contributed by atoms with Gasteiger partial charge in [0.05, 0.1) is 9.37 Å². The van der Waals surface area contributed by atoms with Gasteiger partial charge in [0.15, 0.2) is 12.4 Å². The molecule has 0 aliphatic heterocycles. The Morgan fingerprint density at radius 1 is 1.06 bits per heavy atom. The van der Waals surface area contributed by atoms with Crippen molar-refractivity contribution in [3.63, 3.8) is 0 Å². The van der Waals surface area contributed by atoms with Gasteiger partial charge in [-0.1, -0.05) is 11.6 Å². The fourth-order valence-corrected chi connectivity index (χ4v) is 4.89. The van der Waals surface area contributed by atoms with Gasteiger partial charge in [0, 0.05) is 28.3 Å². The summed E-state index contributed by atoms with van der Waals surface area (Å²) in [4.78, 5) is 20.8. The molecule has 10 nitrogen and oxygen atoms in total. The van der Waals surface area contributed by atoms with E-state index in [1.165, 1.54) is 28.9 Å². The molecule has 186 valence electrons. The van der Waals surface area contributed by atoms with Gasteiger partial charge in [-0.2, -0.15) is 5.10 Å². The normalized spacial score (nSPS) is 11.2. The van der Waals surface area contributed by atoms with Crippen molar-refractivity contribution in [2.24, 2.45) is 0 Å². The number of carbonyl (C=O) groups excluding carboxylic acids is 1. The molecular weight excluding hydrogens is 572 g/mol. The van der Waals surface area contributed by atoms with Gasteiger partial charge in [-0.15, -0.1) is 0 Å². The monoisotopic (exact) mass is 590 g/mol. The van der Waals surface area contributed by atoms with E-state index in [-0.39, 0.29) is 23.3 Å². The number of anilines is 2. The average molecular weight is 592 g/mol. The van der Waals surface area contributed by atoms with Gasteiger partial charge in [0.1, 0.15) is 5.75 Å². The Kier molecular flexibility index (Phi) is 7.57. The summed E-state index contributed by atoms with van der Waals surface area (Å²) < 4.78 is 35.5. The number of hydrogen-bond acceptors (Lipinski definition) is 7. The first-order chi connectivity index (χ1) is 17.1. The van der Waals surface area contributed by atoms with Crippen molar-refractivity contribution in [3.05, 3.63) is 87.4 Å². The number of sulfonamides is 1. The molecule has 0 spiro atoms. The number of ether oxygens (including phenoxy) is 1. The van der Waals surface area contributed by atoms with Gasteiger partial charge in [-0.05, 0) is 84.4 Å². The minimum atomic E-state index is -3.90. The number of carbonyl (C=O) groups is 1. The van der Waals surface area contributed by atoms with E-state index in [1.807, 2.05) is 0 Å². The highest BCUT2D eigenvalue weighted by atomic mass is 79.9. The zero-order valence-corrected chi connectivity index (χ0v) is 22.2. The van der Waals surface area contributed by atoms with E-state index in [2.05, 4.69) is 41.0 Å². The van der Waals surface area contributed by atoms with E-state index in [0.717, 1.165) is 0 Å². The van der Waals surface area contributed by atoms with Crippen LogP contribution >= 0.6 is 27.5 Å². The zero-order chi connectivity index (χ0) is 25.9. The molecule has 36 heavy (non-hydrogen) atoms. The molecule has 4 aromatic rings. The number of nitrogens with zero attached hydrogens (tertiary/aromatic N) is 4. The van der Waals surface area contributed by atoms with Gasteiger partial charge in [0.2, 0.25) is 5.95 Å². The fourth-order valence-electron chi connectivity index (χ4n) is 3.15. The lowest BCUT2D eigenvalue weighted by Crippen LogP contribution is -2.16. The van der Waals surface area contributed by atoms with Crippen LogP contribution in [0.4, 0.5) is 11.6 Å². The Hall–Kier alpha value is -3.48. The number of aryl methyl sites for hydroxylation is 2. The number of aromatic nitrogens is 4. The highest BCUT2D eigenvalue weighted by Crippen LogP contribution is 2.28. The van der Waals surface area contributed by atoms with Gasteiger partial charge < -0.3 is 10.1 Å². The van der Waals surface area contributed by atoms with Crippen LogP contribution in [0, 0.1) is 13.8 Å². The molecule has 2 aromatic heterocycles. The molecular formula is C23H20BrClN6O4S. The molecule has 13 heteroatoms. The second kappa shape index (κ2) is 10.6. The second-order valence-electron chi connectivity index (χ2n) is 7.65. The highest BCUT2D eigenvalue weighted by molar-refractivity contribution is 9.10. The van der Waals surface area contributed by atoms with Crippen molar-refractivity contribution in [1.82, 2.24) is 19.7 Å². The molecule has 0 saturated heterocycles. The van der Waals surface area contributed by atoms with E-state index >= 15 is 0 Å². The summed E-state index contributed by atoms with van der Waals surface area (Å²) in [6.07, 6.45) is 1.61. The molecule has 2 aromatic carbocycles. The third-order valence-electron chi connectivity index (χ3n) is 4.75. The minimum Gasteiger partial charge on any atom is -0.470 e. The number of hydrogen-bond donors (Lipinski definition) is 2. The average Bonchev–Trinajstić information content (AvgIpc) is 3.27. The number of rotatable bonds is 8. The summed E-state index contributed by atoms with van der Waals surface area (Å²) in [7, 11) is -3.90. The summed E-state index contributed by atoms with van der Waals surface area (Å²) in [6, 6.07) is 14.1. The summed E-state index contributed by atoms with van der Waals surface area (Å²) in [5, 5.41) is 7.46. The Morgan fingerprint density at radius 3 is 2.42 bits per heavy atom. The number of amides is 1. The predicted molar refractivity (Wildman–Crippen MR) is 139 cm³/mol. The summed E-state index contributed by atoms with van der Waals surface area (Å²) in [6.45, 7) is 3.58. The molecule has 2 N–H and O–H groups in total. The molecule has 0 saturated carbocycles. The highest BCUT2D eigenvalue weighted by Gasteiger charge is 2.17. The van der Waals surface area contributed by atoms with Crippen LogP contribution in [0.25, 0.3) is 0 Å². The van der Waals surface area contributed by atoms with Crippen molar-refractivity contribution in [1.29, 1.82) is 0 Å². The SMILES string of the molecule is Cc1cc(C)nc(NS(=O)(=O)c2ccc(NC(=O)c3ccn(COc4ccc(Cl)cc4Br)n3)cc2)n1. The Balaban J connectivity index is 1.37. The molecule has 0 radical (unpaired) electrons. The molecule has 0 atom stereocenters. The first kappa shape index (κ1) is 25.6. The first-order valence-electron chi connectivity index (χ1n) is 10.5.